The molecule has 2 heterocycles. The van der Waals surface area contributed by atoms with E-state index in [0.29, 0.717) is 46.7 Å². The van der Waals surface area contributed by atoms with Crippen LogP contribution < -0.4 is 0 Å². The number of aliphatic hydroxyl groups is 1. The van der Waals surface area contributed by atoms with Gasteiger partial charge in [0.2, 0.25) is 0 Å². The van der Waals surface area contributed by atoms with E-state index < -0.39 is 5.60 Å². The van der Waals surface area contributed by atoms with Gasteiger partial charge in [-0.25, -0.2) is 8.78 Å². The molecule has 1 unspecified atom stereocenters. The molecule has 0 aromatic heterocycles. The van der Waals surface area contributed by atoms with Crippen molar-refractivity contribution in [2.24, 2.45) is 5.92 Å². The summed E-state index contributed by atoms with van der Waals surface area (Å²) < 4.78 is 29.9. The molecule has 4 heteroatoms. The fraction of sp³-hybridized carbons (Fsp3) is 0.520. The summed E-state index contributed by atoms with van der Waals surface area (Å²) in [6.45, 7) is 3.41. The van der Waals surface area contributed by atoms with E-state index in [4.69, 9.17) is 0 Å². The lowest BCUT2D eigenvalue weighted by Gasteiger charge is -2.46. The normalized spacial score (nSPS) is 26.0. The Morgan fingerprint density at radius 2 is 1.34 bits per heavy atom. The van der Waals surface area contributed by atoms with Gasteiger partial charge in [-0.1, -0.05) is 24.3 Å². The first-order chi connectivity index (χ1) is 13.6. The Morgan fingerprint density at radius 1 is 0.897 bits per heavy atom. The molecule has 2 fully saturated rings. The predicted octanol–water partition coefficient (Wildman–Crippen LogP) is 5.23. The molecule has 0 spiro atoms. The molecule has 0 saturated carbocycles. The van der Waals surface area contributed by atoms with Gasteiger partial charge in [0.25, 0.3) is 0 Å². The van der Waals surface area contributed by atoms with Crippen molar-refractivity contribution in [1.82, 2.24) is 0 Å². The second-order valence-electron chi connectivity index (χ2n) is 9.74. The summed E-state index contributed by atoms with van der Waals surface area (Å²) >= 11 is 0. The Labute approximate surface area is 172 Å². The van der Waals surface area contributed by atoms with Crippen LogP contribution in [-0.4, -0.2) is 35.8 Å². The number of quaternary nitrogens is 1. The summed E-state index contributed by atoms with van der Waals surface area (Å²) in [6.07, 6.45) is 5.05. The van der Waals surface area contributed by atoms with Gasteiger partial charge >= 0.3 is 0 Å². The van der Waals surface area contributed by atoms with Crippen LogP contribution in [0.5, 0.6) is 0 Å². The lowest BCUT2D eigenvalue weighted by Crippen LogP contribution is -2.55. The van der Waals surface area contributed by atoms with Crippen LogP contribution in [0.25, 0.3) is 0 Å². The van der Waals surface area contributed by atoms with Crippen molar-refractivity contribution in [2.75, 3.05) is 14.1 Å². The minimum Gasteiger partial charge on any atom is -0.380 e. The second kappa shape index (κ2) is 7.17. The number of fused-ring (bicyclic) bond motifs is 2. The maximum atomic E-state index is 14.4. The van der Waals surface area contributed by atoms with Gasteiger partial charge < -0.3 is 9.59 Å². The molecule has 29 heavy (non-hydrogen) atoms. The first kappa shape index (κ1) is 20.5. The molecule has 4 rings (SSSR count). The SMILES string of the molecule is Cc1c(F)cccc1C(O)(CC1C[C@H]2CC[C@@H](C1)[N+]2(C)C)c1cccc(F)c1C. The molecule has 0 amide bonds. The van der Waals surface area contributed by atoms with Crippen LogP contribution in [-0.2, 0) is 5.60 Å². The van der Waals surface area contributed by atoms with Crippen molar-refractivity contribution in [3.63, 3.8) is 0 Å². The molecule has 156 valence electrons. The molecule has 0 radical (unpaired) electrons. The zero-order valence-corrected chi connectivity index (χ0v) is 17.9. The molecule has 0 aliphatic carbocycles. The summed E-state index contributed by atoms with van der Waals surface area (Å²) in [7, 11) is 4.64. The minimum absolute atomic E-state index is 0.328. The quantitative estimate of drug-likeness (QED) is 0.697. The molecule has 2 aromatic rings. The third-order valence-electron chi connectivity index (χ3n) is 7.94. The molecular formula is C25H32F2NO+. The van der Waals surface area contributed by atoms with E-state index in [9.17, 15) is 13.9 Å². The molecule has 3 atom stereocenters. The van der Waals surface area contributed by atoms with Crippen molar-refractivity contribution >= 4 is 0 Å². The van der Waals surface area contributed by atoms with E-state index in [1.54, 1.807) is 38.1 Å². The van der Waals surface area contributed by atoms with Crippen LogP contribution in [0.1, 0.15) is 54.4 Å². The standard InChI is InChI=1S/C25H32F2NO/c1-16-21(7-5-9-23(16)26)25(29,22-8-6-10-24(27)17(22)2)15-18-13-19-11-12-20(14-18)28(19,3)4/h5-10,18-20,29H,11-15H2,1-4H3/q+1/t18?,19-,20+. The number of piperidine rings is 1. The molecule has 2 aliphatic heterocycles. The molecule has 2 bridgehead atoms. The van der Waals surface area contributed by atoms with Crippen molar-refractivity contribution in [3.8, 4) is 0 Å². The fourth-order valence-corrected chi connectivity index (χ4v) is 6.05. The number of nitrogens with zero attached hydrogens (tertiary/aromatic N) is 1. The molecule has 2 aromatic carbocycles. The highest BCUT2D eigenvalue weighted by molar-refractivity contribution is 5.44. The first-order valence-corrected chi connectivity index (χ1v) is 10.7. The van der Waals surface area contributed by atoms with Gasteiger partial charge in [0.05, 0.1) is 26.2 Å². The number of benzene rings is 2. The maximum absolute atomic E-state index is 14.4. The van der Waals surface area contributed by atoms with Crippen molar-refractivity contribution < 1.29 is 18.4 Å². The zero-order chi connectivity index (χ0) is 21.0. The van der Waals surface area contributed by atoms with E-state index in [2.05, 4.69) is 14.1 Å². The van der Waals surface area contributed by atoms with E-state index in [0.717, 1.165) is 17.3 Å². The van der Waals surface area contributed by atoms with Crippen molar-refractivity contribution in [1.29, 1.82) is 0 Å². The Kier molecular flexibility index (Phi) is 5.07. The van der Waals surface area contributed by atoms with Crippen molar-refractivity contribution in [2.45, 2.75) is 63.6 Å². The summed E-state index contributed by atoms with van der Waals surface area (Å²) in [5.74, 6) is -0.345. The van der Waals surface area contributed by atoms with E-state index in [1.165, 1.54) is 25.0 Å². The van der Waals surface area contributed by atoms with Crippen LogP contribution in [0.2, 0.25) is 0 Å². The average molecular weight is 401 g/mol. The minimum atomic E-state index is -1.41. The van der Waals surface area contributed by atoms with E-state index in [1.807, 2.05) is 0 Å². The number of hydrogen-bond acceptors (Lipinski definition) is 1. The highest BCUT2D eigenvalue weighted by Gasteiger charge is 2.50. The lowest BCUT2D eigenvalue weighted by atomic mass is 9.73. The molecule has 2 nitrogen and oxygen atoms in total. The summed E-state index contributed by atoms with van der Waals surface area (Å²) in [6, 6.07) is 10.9. The zero-order valence-electron chi connectivity index (χ0n) is 17.9. The maximum Gasteiger partial charge on any atom is 0.126 e. The van der Waals surface area contributed by atoms with Crippen LogP contribution >= 0.6 is 0 Å². The van der Waals surface area contributed by atoms with Gasteiger partial charge in [-0.2, -0.15) is 0 Å². The summed E-state index contributed by atoms with van der Waals surface area (Å²) in [5, 5.41) is 12.1. The topological polar surface area (TPSA) is 20.2 Å². The van der Waals surface area contributed by atoms with Crippen LogP contribution in [0.15, 0.2) is 36.4 Å². The smallest absolute Gasteiger partial charge is 0.126 e. The van der Waals surface area contributed by atoms with E-state index >= 15 is 0 Å². The van der Waals surface area contributed by atoms with Crippen LogP contribution in [0.3, 0.4) is 0 Å². The van der Waals surface area contributed by atoms with Gasteiger partial charge in [0.1, 0.15) is 17.2 Å². The third kappa shape index (κ3) is 3.30. The first-order valence-electron chi connectivity index (χ1n) is 10.7. The van der Waals surface area contributed by atoms with Crippen LogP contribution in [0.4, 0.5) is 8.78 Å². The Balaban J connectivity index is 1.78. The van der Waals surface area contributed by atoms with Gasteiger partial charge in [-0.05, 0) is 60.6 Å². The Bertz CT molecular complexity index is 856. The Hall–Kier alpha value is -1.78. The lowest BCUT2D eigenvalue weighted by molar-refractivity contribution is -0.931. The van der Waals surface area contributed by atoms with Gasteiger partial charge in [-0.15, -0.1) is 0 Å². The van der Waals surface area contributed by atoms with Gasteiger partial charge in [0, 0.05) is 25.7 Å². The summed E-state index contributed by atoms with van der Waals surface area (Å²) in [5.41, 5.74) is 0.578. The highest BCUT2D eigenvalue weighted by atomic mass is 19.1. The molecule has 2 saturated heterocycles. The largest absolute Gasteiger partial charge is 0.380 e. The van der Waals surface area contributed by atoms with E-state index in [-0.39, 0.29) is 11.6 Å². The molecular weight excluding hydrogens is 368 g/mol. The van der Waals surface area contributed by atoms with Gasteiger partial charge in [0.15, 0.2) is 0 Å². The highest BCUT2D eigenvalue weighted by Crippen LogP contribution is 2.48. The van der Waals surface area contributed by atoms with Gasteiger partial charge in [-0.3, -0.25) is 0 Å². The number of rotatable bonds is 4. The van der Waals surface area contributed by atoms with Crippen molar-refractivity contribution in [3.05, 3.63) is 70.3 Å². The Morgan fingerprint density at radius 3 is 1.79 bits per heavy atom. The summed E-state index contributed by atoms with van der Waals surface area (Å²) in [4.78, 5) is 0. The van der Waals surface area contributed by atoms with Crippen LogP contribution in [0, 0.1) is 31.4 Å². The third-order valence-corrected chi connectivity index (χ3v) is 7.94. The number of halogens is 2. The average Bonchev–Trinajstić information content (AvgIpc) is 2.83. The molecule has 2 aliphatic rings. The number of hydrogen-bond donors (Lipinski definition) is 1. The second-order valence-corrected chi connectivity index (χ2v) is 9.74. The fourth-order valence-electron chi connectivity index (χ4n) is 6.05. The predicted molar refractivity (Wildman–Crippen MR) is 112 cm³/mol. The monoisotopic (exact) mass is 400 g/mol. The molecule has 1 N–H and O–H groups in total.